The number of carbonyl (C=O) groups is 2. The first-order valence-electron chi connectivity index (χ1n) is 7.03. The molecule has 0 radical (unpaired) electrons. The molecule has 1 unspecified atom stereocenters. The minimum Gasteiger partial charge on any atom is -0.481 e. The highest BCUT2D eigenvalue weighted by molar-refractivity contribution is 7.98. The summed E-state index contributed by atoms with van der Waals surface area (Å²) in [5, 5.41) is 11.8. The zero-order valence-corrected chi connectivity index (χ0v) is 12.9. The van der Waals surface area contributed by atoms with Crippen molar-refractivity contribution in [1.82, 2.24) is 4.90 Å². The van der Waals surface area contributed by atoms with E-state index in [1.54, 1.807) is 16.7 Å². The van der Waals surface area contributed by atoms with Crippen LogP contribution in [0.15, 0.2) is 29.2 Å². The van der Waals surface area contributed by atoms with Gasteiger partial charge in [0.25, 0.3) is 0 Å². The molecule has 1 atom stereocenters. The van der Waals surface area contributed by atoms with Crippen LogP contribution in [0, 0.1) is 0 Å². The summed E-state index contributed by atoms with van der Waals surface area (Å²) in [6.45, 7) is 0.618. The van der Waals surface area contributed by atoms with E-state index in [9.17, 15) is 9.59 Å². The highest BCUT2D eigenvalue weighted by Crippen LogP contribution is 2.22. The van der Waals surface area contributed by atoms with Crippen LogP contribution in [0.1, 0.15) is 25.7 Å². The molecule has 2 amide bonds. The molecule has 1 aliphatic heterocycles. The van der Waals surface area contributed by atoms with Gasteiger partial charge in [-0.3, -0.25) is 4.79 Å². The van der Waals surface area contributed by atoms with Gasteiger partial charge in [-0.2, -0.15) is 0 Å². The monoisotopic (exact) mass is 308 g/mol. The van der Waals surface area contributed by atoms with Gasteiger partial charge >= 0.3 is 12.0 Å². The number of carboxylic acids is 1. The standard InChI is InChI=1S/C15H20N2O3S/c1-21-13-7-5-11(6-8-13)16-15(20)17-9-3-2-4-12(17)10-14(18)19/h5-8,12H,2-4,9-10H2,1H3,(H,16,20)(H,18,19). The van der Waals surface area contributed by atoms with E-state index in [-0.39, 0.29) is 18.5 Å². The number of likely N-dealkylation sites (tertiary alicyclic amines) is 1. The number of carbonyl (C=O) groups excluding carboxylic acids is 1. The topological polar surface area (TPSA) is 69.6 Å². The maximum absolute atomic E-state index is 12.3. The largest absolute Gasteiger partial charge is 0.481 e. The van der Waals surface area contributed by atoms with Crippen LogP contribution in [0.4, 0.5) is 10.5 Å². The second-order valence-electron chi connectivity index (χ2n) is 5.10. The lowest BCUT2D eigenvalue weighted by atomic mass is 10.00. The van der Waals surface area contributed by atoms with Gasteiger partial charge in [0.05, 0.1) is 6.42 Å². The number of anilines is 1. The molecule has 114 valence electrons. The molecule has 21 heavy (non-hydrogen) atoms. The molecule has 1 heterocycles. The fraction of sp³-hybridized carbons (Fsp3) is 0.467. The molecule has 0 spiro atoms. The van der Waals surface area contributed by atoms with Gasteiger partial charge in [-0.25, -0.2) is 4.79 Å². The summed E-state index contributed by atoms with van der Waals surface area (Å²) < 4.78 is 0. The molecular formula is C15H20N2O3S. The number of aliphatic carboxylic acids is 1. The first-order valence-corrected chi connectivity index (χ1v) is 8.26. The van der Waals surface area contributed by atoms with Crippen molar-refractivity contribution in [2.24, 2.45) is 0 Å². The van der Waals surface area contributed by atoms with E-state index < -0.39 is 5.97 Å². The number of carboxylic acid groups (broad SMARTS) is 1. The lowest BCUT2D eigenvalue weighted by Gasteiger charge is -2.34. The predicted molar refractivity (Wildman–Crippen MR) is 83.8 cm³/mol. The Morgan fingerprint density at radius 2 is 2.05 bits per heavy atom. The van der Waals surface area contributed by atoms with E-state index in [0.29, 0.717) is 6.54 Å². The van der Waals surface area contributed by atoms with Crippen molar-refractivity contribution in [3.8, 4) is 0 Å². The summed E-state index contributed by atoms with van der Waals surface area (Å²) in [7, 11) is 0. The zero-order valence-electron chi connectivity index (χ0n) is 12.0. The molecule has 1 saturated heterocycles. The summed E-state index contributed by atoms with van der Waals surface area (Å²) >= 11 is 1.64. The minimum atomic E-state index is -0.857. The quantitative estimate of drug-likeness (QED) is 0.838. The normalized spacial score (nSPS) is 18.3. The summed E-state index contributed by atoms with van der Waals surface area (Å²) in [5.74, 6) is -0.857. The second kappa shape index (κ2) is 7.36. The van der Waals surface area contributed by atoms with Gasteiger partial charge in [0.1, 0.15) is 0 Å². The van der Waals surface area contributed by atoms with Crippen LogP contribution in [0.25, 0.3) is 0 Å². The van der Waals surface area contributed by atoms with Crippen molar-refractivity contribution < 1.29 is 14.7 Å². The number of urea groups is 1. The Kier molecular flexibility index (Phi) is 5.50. The molecular weight excluding hydrogens is 288 g/mol. The molecule has 0 bridgehead atoms. The summed E-state index contributed by atoms with van der Waals surface area (Å²) in [5.41, 5.74) is 0.734. The molecule has 1 aromatic rings. The average Bonchev–Trinajstić information content (AvgIpc) is 2.48. The van der Waals surface area contributed by atoms with E-state index in [2.05, 4.69) is 5.32 Å². The molecule has 1 aliphatic rings. The SMILES string of the molecule is CSc1ccc(NC(=O)N2CCCCC2CC(=O)O)cc1. The number of benzene rings is 1. The highest BCUT2D eigenvalue weighted by Gasteiger charge is 2.28. The maximum atomic E-state index is 12.3. The van der Waals surface area contributed by atoms with E-state index >= 15 is 0 Å². The van der Waals surface area contributed by atoms with Gasteiger partial charge in [-0.1, -0.05) is 0 Å². The maximum Gasteiger partial charge on any atom is 0.322 e. The third-order valence-corrected chi connectivity index (χ3v) is 4.38. The van der Waals surface area contributed by atoms with Crippen molar-refractivity contribution in [3.63, 3.8) is 0 Å². The lowest BCUT2D eigenvalue weighted by Crippen LogP contribution is -2.46. The van der Waals surface area contributed by atoms with E-state index in [4.69, 9.17) is 5.11 Å². The van der Waals surface area contributed by atoms with Gasteiger partial charge in [-0.15, -0.1) is 11.8 Å². The second-order valence-corrected chi connectivity index (χ2v) is 5.98. The Bertz CT molecular complexity index is 504. The Morgan fingerprint density at radius 1 is 1.33 bits per heavy atom. The zero-order chi connectivity index (χ0) is 15.2. The molecule has 1 aromatic carbocycles. The molecule has 6 heteroatoms. The van der Waals surface area contributed by atoms with Crippen molar-refractivity contribution in [1.29, 1.82) is 0 Å². The number of rotatable bonds is 4. The van der Waals surface area contributed by atoms with Crippen LogP contribution in [-0.2, 0) is 4.79 Å². The molecule has 1 fully saturated rings. The molecule has 0 saturated carbocycles. The fourth-order valence-electron chi connectivity index (χ4n) is 2.55. The summed E-state index contributed by atoms with van der Waals surface area (Å²) in [6.07, 6.45) is 4.67. The van der Waals surface area contributed by atoms with Gasteiger partial charge < -0.3 is 15.3 Å². The number of hydrogen-bond donors (Lipinski definition) is 2. The number of hydrogen-bond acceptors (Lipinski definition) is 3. The van der Waals surface area contributed by atoms with Crippen LogP contribution in [-0.4, -0.2) is 40.8 Å². The Morgan fingerprint density at radius 3 is 2.67 bits per heavy atom. The third kappa shape index (κ3) is 4.39. The van der Waals surface area contributed by atoms with Gasteiger partial charge in [0.2, 0.25) is 0 Å². The third-order valence-electron chi connectivity index (χ3n) is 3.64. The Labute approximate surface area is 128 Å². The van der Waals surface area contributed by atoms with Crippen molar-refractivity contribution in [2.75, 3.05) is 18.1 Å². The minimum absolute atomic E-state index is 0.0127. The van der Waals surface area contributed by atoms with Crippen LogP contribution in [0.2, 0.25) is 0 Å². The van der Waals surface area contributed by atoms with Crippen molar-refractivity contribution in [2.45, 2.75) is 36.6 Å². The van der Waals surface area contributed by atoms with Crippen LogP contribution in [0.5, 0.6) is 0 Å². The molecule has 0 aromatic heterocycles. The van der Waals surface area contributed by atoms with Crippen LogP contribution >= 0.6 is 11.8 Å². The van der Waals surface area contributed by atoms with Crippen LogP contribution in [0.3, 0.4) is 0 Å². The highest BCUT2D eigenvalue weighted by atomic mass is 32.2. The average molecular weight is 308 g/mol. The first-order chi connectivity index (χ1) is 10.1. The van der Waals surface area contributed by atoms with E-state index in [1.165, 1.54) is 0 Å². The van der Waals surface area contributed by atoms with E-state index in [0.717, 1.165) is 29.8 Å². The van der Waals surface area contributed by atoms with Crippen LogP contribution < -0.4 is 5.32 Å². The number of amides is 2. The molecule has 2 N–H and O–H groups in total. The van der Waals surface area contributed by atoms with Gasteiger partial charge in [-0.05, 0) is 49.8 Å². The number of thioether (sulfide) groups is 1. The van der Waals surface area contributed by atoms with Gasteiger partial charge in [0, 0.05) is 23.2 Å². The number of nitrogens with one attached hydrogen (secondary N) is 1. The van der Waals surface area contributed by atoms with Crippen molar-refractivity contribution in [3.05, 3.63) is 24.3 Å². The summed E-state index contributed by atoms with van der Waals surface area (Å²) in [6, 6.07) is 7.20. The smallest absolute Gasteiger partial charge is 0.322 e. The molecule has 0 aliphatic carbocycles. The van der Waals surface area contributed by atoms with Gasteiger partial charge in [0.15, 0.2) is 0 Å². The molecule has 2 rings (SSSR count). The number of nitrogens with zero attached hydrogens (tertiary/aromatic N) is 1. The Hall–Kier alpha value is -1.69. The first kappa shape index (κ1) is 15.7. The fourth-order valence-corrected chi connectivity index (χ4v) is 2.96. The van der Waals surface area contributed by atoms with Crippen molar-refractivity contribution >= 4 is 29.4 Å². The molecule has 5 nitrogen and oxygen atoms in total. The summed E-state index contributed by atoms with van der Waals surface area (Å²) in [4.78, 5) is 26.0. The number of piperidine rings is 1. The van der Waals surface area contributed by atoms with E-state index in [1.807, 2.05) is 30.5 Å². The predicted octanol–water partition coefficient (Wildman–Crippen LogP) is 3.27. The Balaban J connectivity index is 2.00. The lowest BCUT2D eigenvalue weighted by molar-refractivity contribution is -0.138.